The topological polar surface area (TPSA) is 88.8 Å². The first-order chi connectivity index (χ1) is 13.3. The van der Waals surface area contributed by atoms with Crippen LogP contribution in [-0.2, 0) is 6.61 Å². The van der Waals surface area contributed by atoms with Gasteiger partial charge < -0.3 is 15.8 Å². The Balaban J connectivity index is 1.40. The number of hydrogen-bond donors (Lipinski definition) is 3. The zero-order valence-corrected chi connectivity index (χ0v) is 14.6. The van der Waals surface area contributed by atoms with E-state index in [2.05, 4.69) is 20.5 Å². The molecular formula is C21H19N5O. The molecule has 6 nitrogen and oxygen atoms in total. The number of nitrogens with zero attached hydrogens (tertiary/aromatic N) is 2. The number of benzene rings is 3. The lowest BCUT2D eigenvalue weighted by atomic mass is 10.2. The fourth-order valence-electron chi connectivity index (χ4n) is 2.59. The van der Waals surface area contributed by atoms with Gasteiger partial charge in [-0.1, -0.05) is 30.3 Å². The summed E-state index contributed by atoms with van der Waals surface area (Å²) >= 11 is 0. The molecule has 0 amide bonds. The summed E-state index contributed by atoms with van der Waals surface area (Å²) in [6, 6.07) is 25.2. The Morgan fingerprint density at radius 1 is 0.889 bits per heavy atom. The average Bonchev–Trinajstić information content (AvgIpc) is 3.18. The van der Waals surface area contributed by atoms with Crippen LogP contribution >= 0.6 is 0 Å². The van der Waals surface area contributed by atoms with Gasteiger partial charge in [-0.05, 0) is 54.1 Å². The summed E-state index contributed by atoms with van der Waals surface area (Å²) in [6.07, 6.45) is 0. The lowest BCUT2D eigenvalue weighted by Gasteiger charge is -2.06. The van der Waals surface area contributed by atoms with Crippen LogP contribution in [0.25, 0.3) is 11.4 Å². The Labute approximate surface area is 157 Å². The van der Waals surface area contributed by atoms with Crippen LogP contribution in [0.5, 0.6) is 5.75 Å². The van der Waals surface area contributed by atoms with Crippen molar-refractivity contribution in [2.45, 2.75) is 6.61 Å². The molecule has 0 saturated carbocycles. The van der Waals surface area contributed by atoms with E-state index in [1.165, 1.54) is 0 Å². The molecule has 0 bridgehead atoms. The molecule has 0 saturated heterocycles. The Kier molecular flexibility index (Phi) is 4.70. The molecule has 0 aliphatic rings. The molecule has 0 radical (unpaired) electrons. The van der Waals surface area contributed by atoms with Crippen molar-refractivity contribution >= 4 is 17.3 Å². The van der Waals surface area contributed by atoms with E-state index >= 15 is 0 Å². The molecule has 0 atom stereocenters. The lowest BCUT2D eigenvalue weighted by Crippen LogP contribution is -1.94. The molecule has 0 fully saturated rings. The fourth-order valence-corrected chi connectivity index (χ4v) is 2.59. The highest BCUT2D eigenvalue weighted by Crippen LogP contribution is 2.22. The van der Waals surface area contributed by atoms with Gasteiger partial charge in [-0.2, -0.15) is 4.98 Å². The number of hydrogen-bond acceptors (Lipinski definition) is 5. The summed E-state index contributed by atoms with van der Waals surface area (Å²) in [5.41, 5.74) is 9.34. The highest BCUT2D eigenvalue weighted by molar-refractivity contribution is 5.61. The second kappa shape index (κ2) is 7.61. The summed E-state index contributed by atoms with van der Waals surface area (Å²) in [5.74, 6) is 1.99. The molecule has 0 spiro atoms. The van der Waals surface area contributed by atoms with Crippen LogP contribution in [0.3, 0.4) is 0 Å². The molecule has 4 N–H and O–H groups in total. The normalized spacial score (nSPS) is 10.5. The van der Waals surface area contributed by atoms with Gasteiger partial charge in [-0.15, -0.1) is 5.10 Å². The van der Waals surface area contributed by atoms with Gasteiger partial charge in [-0.25, -0.2) is 0 Å². The SMILES string of the molecule is Nc1ccc(Nc2n[nH]c(-c3ccc(OCc4ccccc4)cc3)n2)cc1. The smallest absolute Gasteiger partial charge is 0.246 e. The monoisotopic (exact) mass is 357 g/mol. The Bertz CT molecular complexity index is 995. The maximum absolute atomic E-state index is 5.81. The van der Waals surface area contributed by atoms with Gasteiger partial charge in [-0.3, -0.25) is 5.10 Å². The van der Waals surface area contributed by atoms with E-state index in [0.29, 0.717) is 24.1 Å². The summed E-state index contributed by atoms with van der Waals surface area (Å²) in [6.45, 7) is 0.540. The molecule has 4 rings (SSSR count). The molecular weight excluding hydrogens is 338 g/mol. The lowest BCUT2D eigenvalue weighted by molar-refractivity contribution is 0.306. The number of anilines is 3. The fraction of sp³-hybridized carbons (Fsp3) is 0.0476. The van der Waals surface area contributed by atoms with Gasteiger partial charge in [0, 0.05) is 16.9 Å². The van der Waals surface area contributed by atoms with Gasteiger partial charge in [0.1, 0.15) is 12.4 Å². The first-order valence-electron chi connectivity index (χ1n) is 8.58. The van der Waals surface area contributed by atoms with E-state index in [1.807, 2.05) is 78.9 Å². The van der Waals surface area contributed by atoms with Crippen LogP contribution in [-0.4, -0.2) is 15.2 Å². The Morgan fingerprint density at radius 2 is 1.63 bits per heavy atom. The third kappa shape index (κ3) is 4.24. The van der Waals surface area contributed by atoms with Crippen molar-refractivity contribution < 1.29 is 4.74 Å². The second-order valence-electron chi connectivity index (χ2n) is 6.05. The predicted molar refractivity (Wildman–Crippen MR) is 107 cm³/mol. The first-order valence-corrected chi connectivity index (χ1v) is 8.58. The van der Waals surface area contributed by atoms with Crippen LogP contribution < -0.4 is 15.8 Å². The van der Waals surface area contributed by atoms with Crippen LogP contribution in [0.2, 0.25) is 0 Å². The van der Waals surface area contributed by atoms with E-state index < -0.39 is 0 Å². The van der Waals surface area contributed by atoms with E-state index in [-0.39, 0.29) is 0 Å². The second-order valence-corrected chi connectivity index (χ2v) is 6.05. The summed E-state index contributed by atoms with van der Waals surface area (Å²) in [4.78, 5) is 4.47. The minimum Gasteiger partial charge on any atom is -0.489 e. The molecule has 4 aromatic rings. The summed E-state index contributed by atoms with van der Waals surface area (Å²) in [7, 11) is 0. The van der Waals surface area contributed by atoms with Gasteiger partial charge in [0.25, 0.3) is 0 Å². The maximum atomic E-state index is 5.81. The number of ether oxygens (including phenoxy) is 1. The average molecular weight is 357 g/mol. The standard InChI is InChI=1S/C21H19N5O/c22-17-8-10-18(11-9-17)23-21-24-20(25-26-21)16-6-12-19(13-7-16)27-14-15-4-2-1-3-5-15/h1-13H,14,22H2,(H2,23,24,25,26). The van der Waals surface area contributed by atoms with E-state index in [1.54, 1.807) is 0 Å². The molecule has 0 aliphatic heterocycles. The molecule has 0 unspecified atom stereocenters. The molecule has 1 heterocycles. The van der Waals surface area contributed by atoms with E-state index in [0.717, 1.165) is 22.6 Å². The van der Waals surface area contributed by atoms with Crippen molar-refractivity contribution in [3.63, 3.8) is 0 Å². The van der Waals surface area contributed by atoms with Crippen LogP contribution in [0.15, 0.2) is 78.9 Å². The van der Waals surface area contributed by atoms with Crippen molar-refractivity contribution in [1.29, 1.82) is 0 Å². The minimum atomic E-state index is 0.499. The number of nitrogen functional groups attached to an aromatic ring is 1. The van der Waals surface area contributed by atoms with E-state index in [4.69, 9.17) is 10.5 Å². The molecule has 27 heavy (non-hydrogen) atoms. The third-order valence-corrected chi connectivity index (χ3v) is 4.03. The number of nitrogens with one attached hydrogen (secondary N) is 2. The van der Waals surface area contributed by atoms with Crippen molar-refractivity contribution in [1.82, 2.24) is 15.2 Å². The van der Waals surface area contributed by atoms with Crippen molar-refractivity contribution in [3.05, 3.63) is 84.4 Å². The number of nitrogens with two attached hydrogens (primary N) is 1. The van der Waals surface area contributed by atoms with Crippen molar-refractivity contribution in [3.8, 4) is 17.1 Å². The molecule has 134 valence electrons. The number of aromatic amines is 1. The zero-order chi connectivity index (χ0) is 18.5. The highest BCUT2D eigenvalue weighted by Gasteiger charge is 2.06. The van der Waals surface area contributed by atoms with Gasteiger partial charge in [0.15, 0.2) is 5.82 Å². The van der Waals surface area contributed by atoms with Crippen molar-refractivity contribution in [2.75, 3.05) is 11.1 Å². The van der Waals surface area contributed by atoms with Crippen LogP contribution in [0, 0.1) is 0 Å². The molecule has 3 aromatic carbocycles. The zero-order valence-electron chi connectivity index (χ0n) is 14.6. The predicted octanol–water partition coefficient (Wildman–Crippen LogP) is 4.38. The van der Waals surface area contributed by atoms with Gasteiger partial charge in [0.05, 0.1) is 0 Å². The first kappa shape index (κ1) is 16.7. The quantitative estimate of drug-likeness (QED) is 0.446. The number of aromatic nitrogens is 3. The van der Waals surface area contributed by atoms with E-state index in [9.17, 15) is 0 Å². The van der Waals surface area contributed by atoms with Gasteiger partial charge >= 0.3 is 0 Å². The third-order valence-electron chi connectivity index (χ3n) is 4.03. The highest BCUT2D eigenvalue weighted by atomic mass is 16.5. The molecule has 1 aromatic heterocycles. The Morgan fingerprint density at radius 3 is 2.37 bits per heavy atom. The molecule has 0 aliphatic carbocycles. The molecule has 6 heteroatoms. The minimum absolute atomic E-state index is 0.499. The summed E-state index contributed by atoms with van der Waals surface area (Å²) in [5, 5.41) is 10.3. The van der Waals surface area contributed by atoms with Gasteiger partial charge in [0.2, 0.25) is 5.95 Å². The Hall–Kier alpha value is -3.80. The number of rotatable bonds is 6. The number of H-pyrrole nitrogens is 1. The largest absolute Gasteiger partial charge is 0.489 e. The summed E-state index contributed by atoms with van der Waals surface area (Å²) < 4.78 is 5.81. The van der Waals surface area contributed by atoms with Crippen LogP contribution in [0.4, 0.5) is 17.3 Å². The maximum Gasteiger partial charge on any atom is 0.246 e. The van der Waals surface area contributed by atoms with Crippen LogP contribution in [0.1, 0.15) is 5.56 Å². The van der Waals surface area contributed by atoms with Crippen molar-refractivity contribution in [2.24, 2.45) is 0 Å².